The summed E-state index contributed by atoms with van der Waals surface area (Å²) < 4.78 is 15.4. The molecule has 0 N–H and O–H groups in total. The Hall–Kier alpha value is -1.14. The molecule has 0 saturated carbocycles. The Kier molecular flexibility index (Phi) is 5.75. The van der Waals surface area contributed by atoms with Crippen LogP contribution in [-0.2, 0) is 23.8 Å². The predicted molar refractivity (Wildman–Crippen MR) is 68.7 cm³/mol. The minimum Gasteiger partial charge on any atom is -0.469 e. The van der Waals surface area contributed by atoms with E-state index < -0.39 is 5.60 Å². The fourth-order valence-corrected chi connectivity index (χ4v) is 2.01. The van der Waals surface area contributed by atoms with Crippen molar-refractivity contribution >= 4 is 11.9 Å². The highest BCUT2D eigenvalue weighted by Crippen LogP contribution is 2.20. The van der Waals surface area contributed by atoms with E-state index in [0.29, 0.717) is 26.1 Å². The van der Waals surface area contributed by atoms with Crippen molar-refractivity contribution in [1.29, 1.82) is 0 Å². The third-order valence-electron chi connectivity index (χ3n) is 3.63. The minimum absolute atomic E-state index is 0.0596. The first-order chi connectivity index (χ1) is 8.96. The number of hydrogen-bond acceptors (Lipinski definition) is 5. The molecule has 0 bridgehead atoms. The molecule has 6 nitrogen and oxygen atoms in total. The second-order valence-electron chi connectivity index (χ2n) is 4.81. The molecule has 1 saturated heterocycles. The van der Waals surface area contributed by atoms with Crippen LogP contribution >= 0.6 is 0 Å². The Morgan fingerprint density at radius 3 is 2.63 bits per heavy atom. The molecule has 1 aliphatic rings. The van der Waals surface area contributed by atoms with Gasteiger partial charge in [0.15, 0.2) is 0 Å². The van der Waals surface area contributed by atoms with Gasteiger partial charge in [-0.2, -0.15) is 0 Å². The van der Waals surface area contributed by atoms with Gasteiger partial charge in [0.2, 0.25) is 0 Å². The van der Waals surface area contributed by atoms with Crippen LogP contribution in [-0.4, -0.2) is 62.4 Å². The zero-order valence-electron chi connectivity index (χ0n) is 12.1. The van der Waals surface area contributed by atoms with Crippen molar-refractivity contribution in [2.45, 2.75) is 38.4 Å². The van der Waals surface area contributed by atoms with E-state index in [-0.39, 0.29) is 24.4 Å². The van der Waals surface area contributed by atoms with Crippen LogP contribution in [0.15, 0.2) is 0 Å². The van der Waals surface area contributed by atoms with Gasteiger partial charge in [-0.3, -0.25) is 9.59 Å². The first-order valence-electron chi connectivity index (χ1n) is 6.49. The van der Waals surface area contributed by atoms with Crippen molar-refractivity contribution in [3.05, 3.63) is 0 Å². The first-order valence-corrected chi connectivity index (χ1v) is 6.49. The van der Waals surface area contributed by atoms with E-state index in [9.17, 15) is 9.59 Å². The molecule has 0 aliphatic carbocycles. The Bertz CT molecular complexity index is 327. The highest BCUT2D eigenvalue weighted by atomic mass is 16.5. The lowest BCUT2D eigenvalue weighted by atomic mass is 10.0. The molecule has 0 radical (unpaired) electrons. The predicted octanol–water partition coefficient (Wildman–Crippen LogP) is 0.592. The van der Waals surface area contributed by atoms with Gasteiger partial charge in [0.05, 0.1) is 26.2 Å². The van der Waals surface area contributed by atoms with Gasteiger partial charge >= 0.3 is 5.97 Å². The van der Waals surface area contributed by atoms with Gasteiger partial charge in [0.1, 0.15) is 5.60 Å². The van der Waals surface area contributed by atoms with Gasteiger partial charge in [0, 0.05) is 20.2 Å². The third kappa shape index (κ3) is 3.91. The number of nitrogens with zero attached hydrogens (tertiary/aromatic N) is 1. The van der Waals surface area contributed by atoms with Crippen molar-refractivity contribution in [3.63, 3.8) is 0 Å². The number of amides is 1. The molecule has 1 fully saturated rings. The fourth-order valence-electron chi connectivity index (χ4n) is 2.01. The molecule has 0 spiro atoms. The summed E-state index contributed by atoms with van der Waals surface area (Å²) in [5, 5.41) is 0. The van der Waals surface area contributed by atoms with E-state index in [2.05, 4.69) is 4.74 Å². The average Bonchev–Trinajstić information content (AvgIpc) is 2.45. The monoisotopic (exact) mass is 273 g/mol. The molecule has 2 atom stereocenters. The van der Waals surface area contributed by atoms with Crippen LogP contribution in [0.25, 0.3) is 0 Å². The maximum absolute atomic E-state index is 12.4. The van der Waals surface area contributed by atoms with Crippen molar-refractivity contribution in [1.82, 2.24) is 4.90 Å². The maximum atomic E-state index is 12.4. The lowest BCUT2D eigenvalue weighted by molar-refractivity contribution is -0.163. The number of ether oxygens (including phenoxy) is 3. The molecule has 0 aromatic heterocycles. The molecule has 0 aromatic rings. The highest BCUT2D eigenvalue weighted by Gasteiger charge is 2.37. The number of morpholine rings is 1. The topological polar surface area (TPSA) is 65.1 Å². The van der Waals surface area contributed by atoms with Crippen LogP contribution in [0.4, 0.5) is 0 Å². The number of methoxy groups -OCH3 is 2. The summed E-state index contributed by atoms with van der Waals surface area (Å²) in [4.78, 5) is 25.3. The summed E-state index contributed by atoms with van der Waals surface area (Å²) >= 11 is 0. The Labute approximate surface area is 114 Å². The standard InChI is InChI=1S/C13H23NO5/c1-5-13(2,18-4)12(16)14-6-7-19-10(9-14)8-11(15)17-3/h10H,5-9H2,1-4H3. The SMILES string of the molecule is CCC(C)(OC)C(=O)N1CCOC(CC(=O)OC)C1. The van der Waals surface area contributed by atoms with E-state index >= 15 is 0 Å². The van der Waals surface area contributed by atoms with Crippen LogP contribution in [0.2, 0.25) is 0 Å². The Morgan fingerprint density at radius 1 is 1.42 bits per heavy atom. The molecule has 110 valence electrons. The summed E-state index contributed by atoms with van der Waals surface area (Å²) in [7, 11) is 2.88. The van der Waals surface area contributed by atoms with Crippen LogP contribution < -0.4 is 0 Å². The fraction of sp³-hybridized carbons (Fsp3) is 0.846. The van der Waals surface area contributed by atoms with Gasteiger partial charge in [0.25, 0.3) is 5.91 Å². The van der Waals surface area contributed by atoms with Crippen molar-refractivity contribution in [2.75, 3.05) is 33.9 Å². The summed E-state index contributed by atoms with van der Waals surface area (Å²) in [6, 6.07) is 0. The van der Waals surface area contributed by atoms with Gasteiger partial charge in [-0.15, -0.1) is 0 Å². The van der Waals surface area contributed by atoms with Crippen molar-refractivity contribution in [3.8, 4) is 0 Å². The summed E-state index contributed by atoms with van der Waals surface area (Å²) in [6.07, 6.45) is 0.459. The third-order valence-corrected chi connectivity index (χ3v) is 3.63. The molecular weight excluding hydrogens is 250 g/mol. The van der Waals surface area contributed by atoms with E-state index in [1.165, 1.54) is 14.2 Å². The quantitative estimate of drug-likeness (QED) is 0.686. The number of carbonyl (C=O) groups excluding carboxylic acids is 2. The van der Waals surface area contributed by atoms with E-state index in [1.54, 1.807) is 11.8 Å². The van der Waals surface area contributed by atoms with Crippen LogP contribution in [0.3, 0.4) is 0 Å². The van der Waals surface area contributed by atoms with Crippen LogP contribution in [0.5, 0.6) is 0 Å². The number of hydrogen-bond donors (Lipinski definition) is 0. The number of carbonyl (C=O) groups is 2. The zero-order valence-corrected chi connectivity index (χ0v) is 12.1. The van der Waals surface area contributed by atoms with E-state index in [0.717, 1.165) is 0 Å². The summed E-state index contributed by atoms with van der Waals surface area (Å²) in [5.41, 5.74) is -0.812. The number of rotatable bonds is 5. The largest absolute Gasteiger partial charge is 0.469 e. The lowest BCUT2D eigenvalue weighted by Gasteiger charge is -2.37. The molecule has 1 heterocycles. The highest BCUT2D eigenvalue weighted by molar-refractivity contribution is 5.85. The minimum atomic E-state index is -0.812. The first kappa shape index (κ1) is 15.9. The van der Waals surface area contributed by atoms with Gasteiger partial charge in [-0.05, 0) is 13.3 Å². The molecule has 2 unspecified atom stereocenters. The van der Waals surface area contributed by atoms with Crippen LogP contribution in [0.1, 0.15) is 26.7 Å². The zero-order chi connectivity index (χ0) is 14.5. The maximum Gasteiger partial charge on any atom is 0.308 e. The average molecular weight is 273 g/mol. The summed E-state index contributed by atoms with van der Waals surface area (Å²) in [5.74, 6) is -0.389. The van der Waals surface area contributed by atoms with E-state index in [1.807, 2.05) is 6.92 Å². The van der Waals surface area contributed by atoms with Crippen molar-refractivity contribution < 1.29 is 23.8 Å². The molecule has 1 rings (SSSR count). The molecule has 19 heavy (non-hydrogen) atoms. The molecule has 1 amide bonds. The van der Waals surface area contributed by atoms with Crippen LogP contribution in [0, 0.1) is 0 Å². The normalized spacial score (nSPS) is 22.7. The number of esters is 1. The second kappa shape index (κ2) is 6.86. The lowest BCUT2D eigenvalue weighted by Crippen LogP contribution is -2.54. The van der Waals surface area contributed by atoms with Gasteiger partial charge in [-0.1, -0.05) is 6.92 Å². The smallest absolute Gasteiger partial charge is 0.308 e. The molecular formula is C13H23NO5. The molecule has 0 aromatic carbocycles. The van der Waals surface area contributed by atoms with Gasteiger partial charge in [-0.25, -0.2) is 0 Å². The Balaban J connectivity index is 2.64. The molecule has 6 heteroatoms. The Morgan fingerprint density at radius 2 is 2.11 bits per heavy atom. The molecule has 1 aliphatic heterocycles. The van der Waals surface area contributed by atoms with E-state index in [4.69, 9.17) is 9.47 Å². The second-order valence-corrected chi connectivity index (χ2v) is 4.81. The van der Waals surface area contributed by atoms with Gasteiger partial charge < -0.3 is 19.1 Å². The van der Waals surface area contributed by atoms with Crippen molar-refractivity contribution in [2.24, 2.45) is 0 Å². The summed E-state index contributed by atoms with van der Waals surface area (Å²) in [6.45, 7) is 5.03.